The number of aromatic amines is 1. The zero-order valence-corrected chi connectivity index (χ0v) is 22.0. The van der Waals surface area contributed by atoms with Crippen LogP contribution in [-0.4, -0.2) is 91.0 Å². The second kappa shape index (κ2) is 11.0. The van der Waals surface area contributed by atoms with Crippen molar-refractivity contribution in [2.75, 3.05) is 26.7 Å². The third-order valence-corrected chi connectivity index (χ3v) is 6.97. The number of piperazine rings is 1. The monoisotopic (exact) mass is 544 g/mol. The number of pyridine rings is 1. The number of carboxylic acids is 1. The summed E-state index contributed by atoms with van der Waals surface area (Å²) in [6, 6.07) is 10.4. The Balaban J connectivity index is 1.37. The van der Waals surface area contributed by atoms with Crippen molar-refractivity contribution in [2.45, 2.75) is 25.8 Å². The quantitative estimate of drug-likeness (QED) is 0.253. The van der Waals surface area contributed by atoms with Crippen molar-refractivity contribution in [3.63, 3.8) is 0 Å². The molecule has 0 radical (unpaired) electrons. The number of ketones is 1. The number of benzene rings is 1. The molecule has 1 aromatic carbocycles. The van der Waals surface area contributed by atoms with Crippen molar-refractivity contribution in [2.24, 2.45) is 0 Å². The fourth-order valence-electron chi connectivity index (χ4n) is 4.91. The molecule has 1 aliphatic heterocycles. The normalized spacial score (nSPS) is 15.3. The van der Waals surface area contributed by atoms with E-state index in [9.17, 15) is 19.2 Å². The predicted octanol–water partition coefficient (Wildman–Crippen LogP) is 2.33. The molecule has 0 spiro atoms. The largest absolute Gasteiger partial charge is 0.494 e. The molecule has 5 rings (SSSR count). The van der Waals surface area contributed by atoms with Gasteiger partial charge in [0, 0.05) is 50.1 Å². The van der Waals surface area contributed by atoms with Gasteiger partial charge in [0.15, 0.2) is 5.82 Å². The summed E-state index contributed by atoms with van der Waals surface area (Å²) in [6.07, 6.45) is 4.75. The number of amides is 2. The molecule has 3 aromatic heterocycles. The Kier molecular flexibility index (Phi) is 7.32. The second-order valence-electron chi connectivity index (χ2n) is 9.54. The maximum absolute atomic E-state index is 13.5. The summed E-state index contributed by atoms with van der Waals surface area (Å²) in [5.41, 5.74) is 1.72. The number of hydrogen-bond donors (Lipinski definition) is 2. The molecule has 2 amide bonds. The molecule has 12 nitrogen and oxygen atoms in total. The average Bonchev–Trinajstić information content (AvgIpc) is 3.63. The van der Waals surface area contributed by atoms with E-state index in [4.69, 9.17) is 9.84 Å². The van der Waals surface area contributed by atoms with Gasteiger partial charge in [-0.2, -0.15) is 5.10 Å². The Morgan fingerprint density at radius 2 is 1.90 bits per heavy atom. The molecule has 1 saturated heterocycles. The van der Waals surface area contributed by atoms with Gasteiger partial charge >= 0.3 is 5.97 Å². The highest BCUT2D eigenvalue weighted by Gasteiger charge is 2.34. The molecule has 1 atom stereocenters. The van der Waals surface area contributed by atoms with Crippen LogP contribution in [-0.2, 0) is 16.0 Å². The average molecular weight is 545 g/mol. The number of H-pyrrole nitrogens is 1. The first-order chi connectivity index (χ1) is 19.3. The van der Waals surface area contributed by atoms with E-state index >= 15 is 0 Å². The molecule has 12 heteroatoms. The lowest BCUT2D eigenvalue weighted by atomic mass is 10.1. The Labute approximate surface area is 229 Å². The van der Waals surface area contributed by atoms with Gasteiger partial charge in [0.2, 0.25) is 0 Å². The van der Waals surface area contributed by atoms with Crippen molar-refractivity contribution in [1.29, 1.82) is 0 Å². The predicted molar refractivity (Wildman–Crippen MR) is 144 cm³/mol. The second-order valence-corrected chi connectivity index (χ2v) is 9.54. The molecule has 2 N–H and O–H groups in total. The van der Waals surface area contributed by atoms with E-state index in [2.05, 4.69) is 15.1 Å². The van der Waals surface area contributed by atoms with Crippen LogP contribution in [0.5, 0.6) is 5.75 Å². The number of Topliss-reactive ketones (excluding diaryl/α,β-unsaturated/α-hetero) is 1. The van der Waals surface area contributed by atoms with Crippen molar-refractivity contribution in [1.82, 2.24) is 29.5 Å². The van der Waals surface area contributed by atoms with Gasteiger partial charge in [-0.3, -0.25) is 19.2 Å². The van der Waals surface area contributed by atoms with Crippen molar-refractivity contribution in [3.8, 4) is 11.6 Å². The van der Waals surface area contributed by atoms with Crippen LogP contribution >= 0.6 is 0 Å². The van der Waals surface area contributed by atoms with E-state index in [1.165, 1.54) is 29.1 Å². The number of aryl methyl sites for hydroxylation is 1. The molecule has 0 bridgehead atoms. The van der Waals surface area contributed by atoms with Gasteiger partial charge in [0.25, 0.3) is 17.6 Å². The van der Waals surface area contributed by atoms with Crippen molar-refractivity contribution >= 4 is 34.5 Å². The Morgan fingerprint density at radius 3 is 2.60 bits per heavy atom. The van der Waals surface area contributed by atoms with Crippen molar-refractivity contribution < 1.29 is 29.0 Å². The Bertz CT molecular complexity index is 1590. The maximum Gasteiger partial charge on any atom is 0.303 e. The van der Waals surface area contributed by atoms with Gasteiger partial charge in [-0.15, -0.1) is 0 Å². The number of fused-ring (bicyclic) bond motifs is 1. The van der Waals surface area contributed by atoms with Gasteiger partial charge in [-0.05, 0) is 25.1 Å². The molecular weight excluding hydrogens is 516 g/mol. The number of carbonyl (C=O) groups is 4. The summed E-state index contributed by atoms with van der Waals surface area (Å²) in [4.78, 5) is 61.3. The standard InChI is InChI=1S/C28H28N6O6/c1-17-16-32(12-13-33(17)27(38)18-6-4-3-5-7-18)28(39)25(37)20-14-29-24-23(20)21(40-2)15-30-26(24)34-11-10-19(31-34)8-9-22(35)36/h3-7,10-11,14-15,17,29H,8-9,12-13,16H2,1-2H3,(H,35,36). The molecule has 0 saturated carbocycles. The van der Waals surface area contributed by atoms with Crippen molar-refractivity contribution in [3.05, 3.63) is 71.8 Å². The van der Waals surface area contributed by atoms with Crippen LogP contribution in [0.1, 0.15) is 39.8 Å². The first kappa shape index (κ1) is 26.6. The zero-order chi connectivity index (χ0) is 28.4. The van der Waals surface area contributed by atoms with Crippen LogP contribution in [0, 0.1) is 0 Å². The lowest BCUT2D eigenvalue weighted by molar-refractivity contribution is -0.137. The van der Waals surface area contributed by atoms with Gasteiger partial charge < -0.3 is 24.6 Å². The number of carbonyl (C=O) groups excluding carboxylic acids is 3. The fourth-order valence-corrected chi connectivity index (χ4v) is 4.91. The first-order valence-electron chi connectivity index (χ1n) is 12.8. The smallest absolute Gasteiger partial charge is 0.303 e. The number of carboxylic acid groups (broad SMARTS) is 1. The number of nitrogens with zero attached hydrogens (tertiary/aromatic N) is 5. The summed E-state index contributed by atoms with van der Waals surface area (Å²) < 4.78 is 6.95. The molecule has 4 heterocycles. The molecule has 1 unspecified atom stereocenters. The minimum absolute atomic E-state index is 0.0565. The van der Waals surface area contributed by atoms with Crippen LogP contribution in [0.25, 0.3) is 16.7 Å². The zero-order valence-electron chi connectivity index (χ0n) is 22.0. The summed E-state index contributed by atoms with van der Waals surface area (Å²) >= 11 is 0. The van der Waals surface area contributed by atoms with E-state index < -0.39 is 17.7 Å². The number of methoxy groups -OCH3 is 1. The van der Waals surface area contributed by atoms with Gasteiger partial charge in [-0.25, -0.2) is 9.67 Å². The molecule has 4 aromatic rings. The molecule has 0 aliphatic carbocycles. The number of aliphatic carboxylic acids is 1. The molecule has 40 heavy (non-hydrogen) atoms. The van der Waals surface area contributed by atoms with Gasteiger partial charge in [0.1, 0.15) is 5.75 Å². The minimum Gasteiger partial charge on any atom is -0.494 e. The lowest BCUT2D eigenvalue weighted by Gasteiger charge is -2.39. The van der Waals surface area contributed by atoms with Crippen LogP contribution in [0.3, 0.4) is 0 Å². The molecule has 1 aliphatic rings. The van der Waals surface area contributed by atoms with E-state index in [0.717, 1.165) is 0 Å². The Hall–Kier alpha value is -5.00. The number of nitrogens with one attached hydrogen (secondary N) is 1. The van der Waals surface area contributed by atoms with Gasteiger partial charge in [-0.1, -0.05) is 18.2 Å². The SMILES string of the molecule is COc1cnc(-n2ccc(CCC(=O)O)n2)c2[nH]cc(C(=O)C(=O)N3CCN(C(=O)c4ccccc4)C(C)C3)c12. The van der Waals surface area contributed by atoms with Gasteiger partial charge in [0.05, 0.1) is 41.9 Å². The molecular formula is C28H28N6O6. The third-order valence-electron chi connectivity index (χ3n) is 6.97. The molecule has 206 valence electrons. The first-order valence-corrected chi connectivity index (χ1v) is 12.8. The number of aromatic nitrogens is 4. The van der Waals surface area contributed by atoms with Crippen LogP contribution in [0.15, 0.2) is 55.0 Å². The highest BCUT2D eigenvalue weighted by molar-refractivity contribution is 6.45. The highest BCUT2D eigenvalue weighted by atomic mass is 16.5. The van der Waals surface area contributed by atoms with Crippen LogP contribution in [0.2, 0.25) is 0 Å². The summed E-state index contributed by atoms with van der Waals surface area (Å²) in [7, 11) is 1.45. The van der Waals surface area contributed by atoms with E-state index in [1.807, 2.05) is 13.0 Å². The number of rotatable bonds is 8. The van der Waals surface area contributed by atoms with Crippen LogP contribution < -0.4 is 4.74 Å². The highest BCUT2D eigenvalue weighted by Crippen LogP contribution is 2.32. The number of hydrogen-bond acceptors (Lipinski definition) is 7. The van der Waals surface area contributed by atoms with E-state index in [0.29, 0.717) is 40.3 Å². The summed E-state index contributed by atoms with van der Waals surface area (Å²) in [5.74, 6) is -1.74. The molecule has 1 fully saturated rings. The van der Waals surface area contributed by atoms with E-state index in [-0.39, 0.29) is 43.4 Å². The number of ether oxygens (including phenoxy) is 1. The lowest BCUT2D eigenvalue weighted by Crippen LogP contribution is -2.56. The third kappa shape index (κ3) is 5.03. The Morgan fingerprint density at radius 1 is 1.12 bits per heavy atom. The van der Waals surface area contributed by atoms with Crippen LogP contribution in [0.4, 0.5) is 0 Å². The summed E-state index contributed by atoms with van der Waals surface area (Å²) in [6.45, 7) is 2.61. The fraction of sp³-hybridized carbons (Fsp3) is 0.286. The maximum atomic E-state index is 13.5. The minimum atomic E-state index is -0.921. The topological polar surface area (TPSA) is 151 Å². The van der Waals surface area contributed by atoms with E-state index in [1.54, 1.807) is 41.4 Å². The summed E-state index contributed by atoms with van der Waals surface area (Å²) in [5, 5.41) is 13.7.